The summed E-state index contributed by atoms with van der Waals surface area (Å²) in [6, 6.07) is 5.39. The van der Waals surface area contributed by atoms with E-state index in [1.54, 1.807) is 11.8 Å². The molecule has 2 aliphatic heterocycles. The van der Waals surface area contributed by atoms with Crippen molar-refractivity contribution in [3.05, 3.63) is 41.2 Å². The average molecular weight is 423 g/mol. The Balaban J connectivity index is 1.78. The van der Waals surface area contributed by atoms with Crippen LogP contribution in [0.5, 0.6) is 0 Å². The maximum atomic E-state index is 13.2. The van der Waals surface area contributed by atoms with Gasteiger partial charge in [-0.3, -0.25) is 0 Å². The second kappa shape index (κ2) is 8.52. The number of benzene rings is 1. The predicted octanol–water partition coefficient (Wildman–Crippen LogP) is 2.81. The van der Waals surface area contributed by atoms with Crippen LogP contribution in [0, 0.1) is 5.82 Å². The summed E-state index contributed by atoms with van der Waals surface area (Å²) >= 11 is 0. The maximum absolute atomic E-state index is 13.2. The van der Waals surface area contributed by atoms with Crippen molar-refractivity contribution in [1.29, 1.82) is 0 Å². The van der Waals surface area contributed by atoms with Gasteiger partial charge in [0.1, 0.15) is 16.6 Å². The molecule has 0 bridgehead atoms. The molecule has 158 valence electrons. The minimum atomic E-state index is -3.85. The third kappa shape index (κ3) is 4.60. The number of sulfonamides is 1. The molecule has 1 aromatic rings. The minimum absolute atomic E-state index is 0.0959. The number of urea groups is 1. The van der Waals surface area contributed by atoms with Crippen LogP contribution in [0.15, 0.2) is 34.2 Å². The Labute approximate surface area is 171 Å². The van der Waals surface area contributed by atoms with Gasteiger partial charge in [-0.25, -0.2) is 9.18 Å². The van der Waals surface area contributed by atoms with Crippen LogP contribution in [0.2, 0.25) is 0 Å². The quantitative estimate of drug-likeness (QED) is 0.812. The van der Waals surface area contributed by atoms with Gasteiger partial charge in [0.05, 0.1) is 0 Å². The number of halogens is 1. The molecule has 9 heteroatoms. The summed E-state index contributed by atoms with van der Waals surface area (Å²) in [4.78, 5) is 16.2. The number of amides is 2. The number of carbonyl (C=O) groups excluding carboxylic acids is 1. The smallest absolute Gasteiger partial charge is 0.317 e. The Kier molecular flexibility index (Phi) is 6.26. The first-order valence-corrected chi connectivity index (χ1v) is 11.3. The molecule has 3 rings (SSSR count). The van der Waals surface area contributed by atoms with Crippen LogP contribution in [0.4, 0.5) is 9.18 Å². The third-order valence-electron chi connectivity index (χ3n) is 5.31. The summed E-state index contributed by atoms with van der Waals surface area (Å²) in [5.41, 5.74) is 0.973. The molecular weight excluding hydrogens is 395 g/mol. The van der Waals surface area contributed by atoms with E-state index in [2.05, 4.69) is 9.71 Å². The van der Waals surface area contributed by atoms with Crippen molar-refractivity contribution >= 4 is 26.8 Å². The molecule has 0 saturated carbocycles. The van der Waals surface area contributed by atoms with E-state index in [1.165, 1.54) is 24.3 Å². The Morgan fingerprint density at radius 2 is 1.90 bits per heavy atom. The van der Waals surface area contributed by atoms with Gasteiger partial charge < -0.3 is 15.1 Å². The average Bonchev–Trinajstić information content (AvgIpc) is 2.83. The molecule has 1 atom stereocenters. The Morgan fingerprint density at radius 3 is 2.55 bits per heavy atom. The van der Waals surface area contributed by atoms with Gasteiger partial charge in [0.15, 0.2) is 0 Å². The van der Waals surface area contributed by atoms with Crippen molar-refractivity contribution in [2.45, 2.75) is 39.7 Å². The highest BCUT2D eigenvalue weighted by Gasteiger charge is 2.34. The Morgan fingerprint density at radius 1 is 1.21 bits per heavy atom. The standard InChI is InChI=1S/C20H27FN4O3S/c1-4-14(2)22-20(26)25-11-5-10-24(12-13-25)19-15(3)18(29(27,28)23-19)16-6-8-17(21)9-7-16/h6-9,14H,4-5,10-13H2,1-3H3,(H,22,26)/t14-/m0/s1. The number of hydrogen-bond acceptors (Lipinski definition) is 4. The van der Waals surface area contributed by atoms with Crippen LogP contribution < -0.4 is 5.32 Å². The number of amidine groups is 1. The molecular formula is C20H27FN4O3S. The zero-order chi connectivity index (χ0) is 21.2. The molecule has 0 aromatic heterocycles. The second-order valence-corrected chi connectivity index (χ2v) is 8.98. The first kappa shape index (κ1) is 21.3. The second-order valence-electron chi connectivity index (χ2n) is 7.44. The van der Waals surface area contributed by atoms with Crippen LogP contribution in [-0.4, -0.2) is 62.3 Å². The summed E-state index contributed by atoms with van der Waals surface area (Å²) in [6.07, 6.45) is 1.57. The molecule has 2 aliphatic rings. The number of hydrogen-bond donors (Lipinski definition) is 1. The fraction of sp³-hybridized carbons (Fsp3) is 0.500. The molecule has 7 nitrogen and oxygen atoms in total. The van der Waals surface area contributed by atoms with Gasteiger partial charge in [-0.05, 0) is 44.4 Å². The molecule has 0 radical (unpaired) electrons. The molecule has 2 heterocycles. The van der Waals surface area contributed by atoms with E-state index in [-0.39, 0.29) is 17.0 Å². The highest BCUT2D eigenvalue weighted by Crippen LogP contribution is 2.33. The van der Waals surface area contributed by atoms with E-state index in [0.29, 0.717) is 49.6 Å². The van der Waals surface area contributed by atoms with Gasteiger partial charge in [0.25, 0.3) is 10.0 Å². The number of nitrogens with zero attached hydrogens (tertiary/aromatic N) is 3. The van der Waals surface area contributed by atoms with E-state index < -0.39 is 15.8 Å². The van der Waals surface area contributed by atoms with E-state index in [4.69, 9.17) is 0 Å². The normalized spacial score (nSPS) is 20.3. The lowest BCUT2D eigenvalue weighted by molar-refractivity contribution is 0.196. The lowest BCUT2D eigenvalue weighted by Gasteiger charge is -2.25. The minimum Gasteiger partial charge on any atom is -0.354 e. The number of rotatable bonds is 3. The fourth-order valence-electron chi connectivity index (χ4n) is 3.52. The van der Waals surface area contributed by atoms with Crippen molar-refractivity contribution in [3.63, 3.8) is 0 Å². The largest absolute Gasteiger partial charge is 0.354 e. The molecule has 0 aliphatic carbocycles. The zero-order valence-electron chi connectivity index (χ0n) is 17.0. The predicted molar refractivity (Wildman–Crippen MR) is 111 cm³/mol. The van der Waals surface area contributed by atoms with E-state index in [0.717, 1.165) is 6.42 Å². The zero-order valence-corrected chi connectivity index (χ0v) is 17.8. The lowest BCUT2D eigenvalue weighted by Crippen LogP contribution is -2.45. The Bertz CT molecular complexity index is 941. The van der Waals surface area contributed by atoms with Crippen molar-refractivity contribution < 1.29 is 17.6 Å². The van der Waals surface area contributed by atoms with E-state index in [1.807, 2.05) is 18.7 Å². The first-order chi connectivity index (χ1) is 13.7. The molecule has 1 fully saturated rings. The molecule has 1 aromatic carbocycles. The monoisotopic (exact) mass is 422 g/mol. The van der Waals surface area contributed by atoms with Crippen LogP contribution in [0.3, 0.4) is 0 Å². The molecule has 29 heavy (non-hydrogen) atoms. The van der Waals surface area contributed by atoms with Crippen molar-refractivity contribution in [2.75, 3.05) is 26.2 Å². The van der Waals surface area contributed by atoms with Gasteiger partial charge in [0.2, 0.25) is 0 Å². The SMILES string of the molecule is CC[C@H](C)NC(=O)N1CCCN(C2=NS(=O)(=O)C(c3ccc(F)cc3)=C2C)CC1. The van der Waals surface area contributed by atoms with Crippen LogP contribution in [0.25, 0.3) is 4.91 Å². The lowest BCUT2D eigenvalue weighted by atomic mass is 10.1. The van der Waals surface area contributed by atoms with Crippen LogP contribution in [-0.2, 0) is 10.0 Å². The molecule has 2 amide bonds. The van der Waals surface area contributed by atoms with Crippen molar-refractivity contribution in [2.24, 2.45) is 4.40 Å². The summed E-state index contributed by atoms with van der Waals surface area (Å²) in [7, 11) is -3.85. The Hall–Kier alpha value is -2.42. The maximum Gasteiger partial charge on any atom is 0.317 e. The molecule has 1 saturated heterocycles. The van der Waals surface area contributed by atoms with Crippen LogP contribution in [0.1, 0.15) is 39.2 Å². The summed E-state index contributed by atoms with van der Waals surface area (Å²) < 4.78 is 42.6. The van der Waals surface area contributed by atoms with Crippen molar-refractivity contribution in [3.8, 4) is 0 Å². The highest BCUT2D eigenvalue weighted by atomic mass is 32.2. The topological polar surface area (TPSA) is 82.1 Å². The van der Waals surface area contributed by atoms with Gasteiger partial charge in [-0.15, -0.1) is 4.40 Å². The summed E-state index contributed by atoms with van der Waals surface area (Å²) in [6.45, 7) is 7.89. The highest BCUT2D eigenvalue weighted by molar-refractivity contribution is 8.00. The van der Waals surface area contributed by atoms with E-state index >= 15 is 0 Å². The van der Waals surface area contributed by atoms with Gasteiger partial charge >= 0.3 is 6.03 Å². The number of nitrogens with one attached hydrogen (secondary N) is 1. The molecule has 0 unspecified atom stereocenters. The molecule has 1 N–H and O–H groups in total. The first-order valence-electron chi connectivity index (χ1n) is 9.85. The van der Waals surface area contributed by atoms with Gasteiger partial charge in [0, 0.05) is 37.8 Å². The fourth-order valence-corrected chi connectivity index (χ4v) is 5.00. The molecule has 0 spiro atoms. The summed E-state index contributed by atoms with van der Waals surface area (Å²) in [5.74, 6) is -0.0136. The summed E-state index contributed by atoms with van der Waals surface area (Å²) in [5, 5.41) is 2.97. The number of carbonyl (C=O) groups is 1. The van der Waals surface area contributed by atoms with Crippen molar-refractivity contribution in [1.82, 2.24) is 15.1 Å². The van der Waals surface area contributed by atoms with E-state index in [9.17, 15) is 17.6 Å². The van der Waals surface area contributed by atoms with Gasteiger partial charge in [-0.2, -0.15) is 8.42 Å². The third-order valence-corrected chi connectivity index (χ3v) is 6.78. The van der Waals surface area contributed by atoms with Crippen LogP contribution >= 0.6 is 0 Å². The van der Waals surface area contributed by atoms with Gasteiger partial charge in [-0.1, -0.05) is 19.1 Å².